The molecule has 0 amide bonds. The Balaban J connectivity index is 0. The van der Waals surface area contributed by atoms with Gasteiger partial charge in [-0.3, -0.25) is 9.59 Å². The molecule has 0 fully saturated rings. The topological polar surface area (TPSA) is 139 Å². The van der Waals surface area contributed by atoms with Crippen molar-refractivity contribution in [2.75, 3.05) is 0 Å². The maximum absolute atomic E-state index is 9.76. The highest BCUT2D eigenvalue weighted by Crippen LogP contribution is 2.04. The number of nitrogens with zero attached hydrogens (tertiary/aromatic N) is 1. The first kappa shape index (κ1) is 19.1. The van der Waals surface area contributed by atoms with E-state index in [4.69, 9.17) is 25.5 Å². The Morgan fingerprint density at radius 2 is 1.00 bits per heavy atom. The molecule has 0 bridgehead atoms. The minimum atomic E-state index is -1.31. The van der Waals surface area contributed by atoms with Crippen molar-refractivity contribution in [1.82, 2.24) is 4.90 Å². The van der Waals surface area contributed by atoms with E-state index in [0.717, 1.165) is 6.92 Å². The summed E-state index contributed by atoms with van der Waals surface area (Å²) in [4.78, 5) is 20.7. The highest BCUT2D eigenvalue weighted by atomic mass is 16.4. The van der Waals surface area contributed by atoms with Crippen molar-refractivity contribution in [3.63, 3.8) is 0 Å². The first-order chi connectivity index (χ1) is 8.02. The molecule has 0 heterocycles. The molecule has 0 spiro atoms. The van der Waals surface area contributed by atoms with Gasteiger partial charge in [-0.15, -0.1) is 0 Å². The van der Waals surface area contributed by atoms with Crippen LogP contribution in [0.15, 0.2) is 0 Å². The van der Waals surface area contributed by atoms with Gasteiger partial charge in [-0.05, 0) is 27.7 Å². The Morgan fingerprint density at radius 3 is 1.00 bits per heavy atom. The van der Waals surface area contributed by atoms with Gasteiger partial charge in [0, 0.05) is 0 Å². The Hall–Kier alpha value is -1.22. The molecule has 0 aliphatic rings. The predicted octanol–water partition coefficient (Wildman–Crippen LogP) is -0.905. The number of hydrogen-bond acceptors (Lipinski definition) is 6. The molecule has 3 unspecified atom stereocenters. The van der Waals surface area contributed by atoms with Gasteiger partial charge in [0.05, 0.1) is 0 Å². The van der Waals surface area contributed by atoms with Gasteiger partial charge < -0.3 is 25.5 Å². The quantitative estimate of drug-likeness (QED) is 0.319. The third kappa shape index (κ3) is 7.96. The molecule has 0 aromatic rings. The molecule has 108 valence electrons. The lowest BCUT2D eigenvalue weighted by atomic mass is 10.2. The van der Waals surface area contributed by atoms with Gasteiger partial charge in [0.25, 0.3) is 0 Å². The number of carboxylic acid groups (broad SMARTS) is 2. The van der Waals surface area contributed by atoms with Crippen LogP contribution in [0.25, 0.3) is 0 Å². The standard InChI is InChI=1S/C6H15NO3.C4H6O4/c1-4(8)7(5(2)9)6(3)10;1-2(3(5)6)4(7)8/h4-6,8-10H,1-3H3;2H,1H3,(H,5,6)(H,7,8). The largest absolute Gasteiger partial charge is 0.481 e. The monoisotopic (exact) mass is 267 g/mol. The highest BCUT2D eigenvalue weighted by Gasteiger charge is 2.20. The van der Waals surface area contributed by atoms with Crippen molar-refractivity contribution >= 4 is 11.9 Å². The summed E-state index contributed by atoms with van der Waals surface area (Å²) >= 11 is 0. The van der Waals surface area contributed by atoms with Gasteiger partial charge in [0.1, 0.15) is 18.7 Å². The normalized spacial score (nSPS) is 15.6. The van der Waals surface area contributed by atoms with Gasteiger partial charge >= 0.3 is 11.9 Å². The highest BCUT2D eigenvalue weighted by molar-refractivity contribution is 5.92. The molecule has 0 aromatic carbocycles. The van der Waals surface area contributed by atoms with Crippen molar-refractivity contribution in [3.05, 3.63) is 0 Å². The summed E-state index contributed by atoms with van der Waals surface area (Å²) < 4.78 is 0. The van der Waals surface area contributed by atoms with Crippen molar-refractivity contribution < 1.29 is 35.1 Å². The van der Waals surface area contributed by atoms with Gasteiger partial charge in [0.15, 0.2) is 5.92 Å². The third-order valence-corrected chi connectivity index (χ3v) is 2.04. The molecule has 0 saturated carbocycles. The van der Waals surface area contributed by atoms with Gasteiger partial charge in [0.2, 0.25) is 0 Å². The van der Waals surface area contributed by atoms with Crippen LogP contribution in [-0.4, -0.2) is 61.1 Å². The second kappa shape index (κ2) is 8.81. The number of aliphatic hydroxyl groups excluding tert-OH is 3. The van der Waals surface area contributed by atoms with Crippen molar-refractivity contribution in [3.8, 4) is 0 Å². The molecule has 5 N–H and O–H groups in total. The van der Waals surface area contributed by atoms with Crippen LogP contribution in [0.2, 0.25) is 0 Å². The van der Waals surface area contributed by atoms with E-state index in [9.17, 15) is 9.59 Å². The fourth-order valence-electron chi connectivity index (χ4n) is 1.04. The lowest BCUT2D eigenvalue weighted by molar-refractivity contribution is -0.159. The Kier molecular flexibility index (Phi) is 9.36. The van der Waals surface area contributed by atoms with Crippen LogP contribution >= 0.6 is 0 Å². The number of aliphatic hydroxyl groups is 3. The lowest BCUT2D eigenvalue weighted by Crippen LogP contribution is -2.45. The van der Waals surface area contributed by atoms with Crippen molar-refractivity contribution in [2.45, 2.75) is 46.4 Å². The van der Waals surface area contributed by atoms with Gasteiger partial charge in [-0.2, -0.15) is 0 Å². The van der Waals surface area contributed by atoms with E-state index in [2.05, 4.69) is 0 Å². The summed E-state index contributed by atoms with van der Waals surface area (Å²) in [6.07, 6.45) is -2.50. The molecular weight excluding hydrogens is 246 g/mol. The SMILES string of the molecule is CC(C(=O)O)C(=O)O.CC(O)N(C(C)O)C(C)O. The second-order valence-electron chi connectivity index (χ2n) is 3.74. The number of carboxylic acids is 2. The van der Waals surface area contributed by atoms with E-state index in [0.29, 0.717) is 0 Å². The van der Waals surface area contributed by atoms with Crippen molar-refractivity contribution in [2.24, 2.45) is 5.92 Å². The minimum absolute atomic E-state index is 0.833. The van der Waals surface area contributed by atoms with Crippen LogP contribution in [-0.2, 0) is 9.59 Å². The van der Waals surface area contributed by atoms with Crippen LogP contribution < -0.4 is 0 Å². The second-order valence-corrected chi connectivity index (χ2v) is 3.74. The minimum Gasteiger partial charge on any atom is -0.481 e. The fraction of sp³-hybridized carbons (Fsp3) is 0.800. The third-order valence-electron chi connectivity index (χ3n) is 2.04. The number of hydrogen-bond donors (Lipinski definition) is 5. The molecule has 8 heteroatoms. The lowest BCUT2D eigenvalue weighted by Gasteiger charge is -2.30. The summed E-state index contributed by atoms with van der Waals surface area (Å²) in [6.45, 7) is 5.57. The summed E-state index contributed by atoms with van der Waals surface area (Å²) in [5.74, 6) is -3.91. The molecule has 18 heavy (non-hydrogen) atoms. The summed E-state index contributed by atoms with van der Waals surface area (Å²) in [5.41, 5.74) is 0. The number of aliphatic carboxylic acids is 2. The van der Waals surface area contributed by atoms with Crippen LogP contribution in [0.1, 0.15) is 27.7 Å². The fourth-order valence-corrected chi connectivity index (χ4v) is 1.04. The molecular formula is C10H21NO7. The van der Waals surface area contributed by atoms with Gasteiger partial charge in [-0.25, -0.2) is 4.90 Å². The molecule has 0 radical (unpaired) electrons. The smallest absolute Gasteiger partial charge is 0.317 e. The van der Waals surface area contributed by atoms with E-state index in [1.807, 2.05) is 0 Å². The number of carbonyl (C=O) groups is 2. The Morgan fingerprint density at radius 1 is 0.778 bits per heavy atom. The van der Waals surface area contributed by atoms with E-state index < -0.39 is 36.5 Å². The van der Waals surface area contributed by atoms with Crippen LogP contribution in [0.3, 0.4) is 0 Å². The molecule has 0 rings (SSSR count). The van der Waals surface area contributed by atoms with Crippen LogP contribution in [0, 0.1) is 5.92 Å². The van der Waals surface area contributed by atoms with Crippen molar-refractivity contribution in [1.29, 1.82) is 0 Å². The van der Waals surface area contributed by atoms with E-state index in [1.54, 1.807) is 0 Å². The molecule has 0 saturated heterocycles. The molecule has 0 aliphatic heterocycles. The Bertz CT molecular complexity index is 232. The zero-order valence-electron chi connectivity index (χ0n) is 10.8. The molecule has 0 aliphatic carbocycles. The van der Waals surface area contributed by atoms with Crippen LogP contribution in [0.4, 0.5) is 0 Å². The molecule has 3 atom stereocenters. The molecule has 8 nitrogen and oxygen atoms in total. The first-order valence-corrected chi connectivity index (χ1v) is 5.29. The summed E-state index contributed by atoms with van der Waals surface area (Å²) in [6, 6.07) is 0. The van der Waals surface area contributed by atoms with E-state index in [1.165, 1.54) is 25.7 Å². The average Bonchev–Trinajstić information content (AvgIpc) is 2.14. The maximum atomic E-state index is 9.76. The Labute approximate surface area is 105 Å². The number of rotatable bonds is 5. The molecule has 0 aromatic heterocycles. The van der Waals surface area contributed by atoms with Crippen LogP contribution in [0.5, 0.6) is 0 Å². The van der Waals surface area contributed by atoms with E-state index in [-0.39, 0.29) is 0 Å². The zero-order chi connectivity index (χ0) is 15.0. The summed E-state index contributed by atoms with van der Waals surface area (Å²) in [5, 5.41) is 42.8. The maximum Gasteiger partial charge on any atom is 0.317 e. The average molecular weight is 267 g/mol. The van der Waals surface area contributed by atoms with E-state index >= 15 is 0 Å². The summed E-state index contributed by atoms with van der Waals surface area (Å²) in [7, 11) is 0. The van der Waals surface area contributed by atoms with Gasteiger partial charge in [-0.1, -0.05) is 0 Å². The predicted molar refractivity (Wildman–Crippen MR) is 61.3 cm³/mol. The zero-order valence-corrected chi connectivity index (χ0v) is 10.8. The first-order valence-electron chi connectivity index (χ1n) is 5.29.